The van der Waals surface area contributed by atoms with Crippen molar-refractivity contribution in [2.75, 3.05) is 26.4 Å². The van der Waals surface area contributed by atoms with Gasteiger partial charge in [0, 0.05) is 12.3 Å². The topological polar surface area (TPSA) is 36.9 Å². The summed E-state index contributed by atoms with van der Waals surface area (Å²) in [6, 6.07) is 0. The van der Waals surface area contributed by atoms with Crippen LogP contribution in [-0.2, 0) is 19.6 Å². The van der Waals surface area contributed by atoms with Crippen LogP contribution in [-0.4, -0.2) is 26.4 Å². The quantitative estimate of drug-likeness (QED) is 0.496. The van der Waals surface area contributed by atoms with Crippen molar-refractivity contribution >= 4 is 0 Å². The molecule has 2 aliphatic rings. The monoisotopic (exact) mass is 162 g/mol. The van der Waals surface area contributed by atoms with Gasteiger partial charge in [0.15, 0.2) is 0 Å². The highest BCUT2D eigenvalue weighted by atomic mass is 17.2. The molecule has 2 rings (SSSR count). The van der Waals surface area contributed by atoms with Crippen molar-refractivity contribution in [3.8, 4) is 0 Å². The summed E-state index contributed by atoms with van der Waals surface area (Å²) in [6.45, 7) is 5.17. The Kier molecular flexibility index (Phi) is 4.45. The Labute approximate surface area is 66.2 Å². The average molecular weight is 162 g/mol. The summed E-state index contributed by atoms with van der Waals surface area (Å²) in [4.78, 5) is 18.0. The predicted molar refractivity (Wildman–Crippen MR) is 37.6 cm³/mol. The van der Waals surface area contributed by atoms with Gasteiger partial charge in [0.05, 0.1) is 26.4 Å². The first-order chi connectivity index (χ1) is 5.39. The zero-order valence-electron chi connectivity index (χ0n) is 6.75. The minimum absolute atomic E-state index is 0.602. The lowest BCUT2D eigenvalue weighted by atomic mass is 10.2. The second kappa shape index (κ2) is 5.49. The van der Waals surface area contributed by atoms with E-state index in [1.54, 1.807) is 0 Å². The molecule has 11 heavy (non-hydrogen) atoms. The van der Waals surface area contributed by atoms with Gasteiger partial charge in [-0.05, 0) is 0 Å². The van der Waals surface area contributed by atoms with E-state index in [2.05, 4.69) is 26.5 Å². The highest BCUT2D eigenvalue weighted by Gasteiger charge is 2.09. The maximum atomic E-state index is 4.56. The van der Waals surface area contributed by atoms with Crippen molar-refractivity contribution < 1.29 is 19.6 Å². The standard InChI is InChI=1S/C4H8O2.C3H6O2/c1-4-2-5-6-3-4;1-2-4-5-3-1/h4H,2-3H2,1H3;1-3H2. The van der Waals surface area contributed by atoms with E-state index in [0.29, 0.717) is 5.92 Å². The zero-order valence-corrected chi connectivity index (χ0v) is 6.75. The summed E-state index contributed by atoms with van der Waals surface area (Å²) in [5.41, 5.74) is 0. The van der Waals surface area contributed by atoms with Gasteiger partial charge < -0.3 is 0 Å². The van der Waals surface area contributed by atoms with Crippen LogP contribution >= 0.6 is 0 Å². The lowest BCUT2D eigenvalue weighted by molar-refractivity contribution is -0.248. The molecule has 4 nitrogen and oxygen atoms in total. The molecule has 4 heteroatoms. The fourth-order valence-electron chi connectivity index (χ4n) is 0.671. The minimum Gasteiger partial charge on any atom is -0.237 e. The molecule has 0 unspecified atom stereocenters. The van der Waals surface area contributed by atoms with Gasteiger partial charge in [0.2, 0.25) is 0 Å². The van der Waals surface area contributed by atoms with E-state index in [9.17, 15) is 0 Å². The Morgan fingerprint density at radius 3 is 1.64 bits per heavy atom. The predicted octanol–water partition coefficient (Wildman–Crippen LogP) is 0.923. The van der Waals surface area contributed by atoms with Gasteiger partial charge in [-0.3, -0.25) is 0 Å². The van der Waals surface area contributed by atoms with Gasteiger partial charge in [-0.2, -0.15) is 0 Å². The van der Waals surface area contributed by atoms with E-state index in [-0.39, 0.29) is 0 Å². The first kappa shape index (κ1) is 8.93. The van der Waals surface area contributed by atoms with E-state index in [1.165, 1.54) is 0 Å². The number of hydrogen-bond acceptors (Lipinski definition) is 4. The van der Waals surface area contributed by atoms with E-state index in [4.69, 9.17) is 0 Å². The van der Waals surface area contributed by atoms with E-state index in [0.717, 1.165) is 32.8 Å². The number of hydrogen-bond donors (Lipinski definition) is 0. The van der Waals surface area contributed by atoms with Gasteiger partial charge in [0.1, 0.15) is 0 Å². The van der Waals surface area contributed by atoms with E-state index < -0.39 is 0 Å². The third-order valence-corrected chi connectivity index (χ3v) is 1.33. The fraction of sp³-hybridized carbons (Fsp3) is 1.00. The summed E-state index contributed by atoms with van der Waals surface area (Å²) in [7, 11) is 0. The third-order valence-electron chi connectivity index (χ3n) is 1.33. The van der Waals surface area contributed by atoms with E-state index in [1.807, 2.05) is 0 Å². The fourth-order valence-corrected chi connectivity index (χ4v) is 0.671. The molecule has 0 atom stereocenters. The first-order valence-corrected chi connectivity index (χ1v) is 3.88. The molecular weight excluding hydrogens is 148 g/mol. The van der Waals surface area contributed by atoms with Crippen LogP contribution in [0.1, 0.15) is 13.3 Å². The average Bonchev–Trinajstić information content (AvgIpc) is 2.57. The lowest BCUT2D eigenvalue weighted by Gasteiger charge is -1.84. The summed E-state index contributed by atoms with van der Waals surface area (Å²) in [6.07, 6.45) is 1.06. The van der Waals surface area contributed by atoms with Crippen LogP contribution in [0.3, 0.4) is 0 Å². The molecule has 0 bridgehead atoms. The van der Waals surface area contributed by atoms with Crippen molar-refractivity contribution in [1.82, 2.24) is 0 Å². The Balaban J connectivity index is 0.000000112. The molecule has 66 valence electrons. The molecule has 0 radical (unpaired) electrons. The molecule has 0 saturated carbocycles. The SMILES string of the molecule is C1COOC1.CC1COOC1. The van der Waals surface area contributed by atoms with E-state index >= 15 is 0 Å². The molecule has 0 aromatic rings. The van der Waals surface area contributed by atoms with Crippen LogP contribution in [0.4, 0.5) is 0 Å². The van der Waals surface area contributed by atoms with Crippen LogP contribution in [0.15, 0.2) is 0 Å². The van der Waals surface area contributed by atoms with Crippen molar-refractivity contribution in [2.45, 2.75) is 13.3 Å². The molecule has 0 N–H and O–H groups in total. The van der Waals surface area contributed by atoms with Crippen LogP contribution in [0, 0.1) is 5.92 Å². The van der Waals surface area contributed by atoms with Crippen LogP contribution in [0.25, 0.3) is 0 Å². The number of rotatable bonds is 0. The summed E-state index contributed by atoms with van der Waals surface area (Å²) >= 11 is 0. The minimum atomic E-state index is 0.602. The molecule has 0 aliphatic carbocycles. The van der Waals surface area contributed by atoms with Gasteiger partial charge in [-0.25, -0.2) is 19.6 Å². The van der Waals surface area contributed by atoms with Crippen molar-refractivity contribution in [3.05, 3.63) is 0 Å². The molecule has 0 aromatic heterocycles. The second-order valence-corrected chi connectivity index (χ2v) is 2.67. The van der Waals surface area contributed by atoms with Crippen molar-refractivity contribution in [3.63, 3.8) is 0 Å². The smallest absolute Gasteiger partial charge is 0.0871 e. The Hall–Kier alpha value is -0.160. The second-order valence-electron chi connectivity index (χ2n) is 2.67. The Bertz CT molecular complexity index is 78.8. The largest absolute Gasteiger partial charge is 0.237 e. The highest BCUT2D eigenvalue weighted by Crippen LogP contribution is 2.04. The molecule has 0 spiro atoms. The van der Waals surface area contributed by atoms with Gasteiger partial charge in [-0.1, -0.05) is 6.92 Å². The Morgan fingerprint density at radius 1 is 0.909 bits per heavy atom. The maximum absolute atomic E-state index is 4.56. The molecule has 0 amide bonds. The van der Waals surface area contributed by atoms with Gasteiger partial charge in [-0.15, -0.1) is 0 Å². The van der Waals surface area contributed by atoms with Crippen molar-refractivity contribution in [2.24, 2.45) is 5.92 Å². The Morgan fingerprint density at radius 2 is 1.45 bits per heavy atom. The summed E-state index contributed by atoms with van der Waals surface area (Å²) in [5, 5.41) is 0. The van der Waals surface area contributed by atoms with Crippen molar-refractivity contribution in [1.29, 1.82) is 0 Å². The maximum Gasteiger partial charge on any atom is 0.0871 e. The van der Waals surface area contributed by atoms with Gasteiger partial charge >= 0.3 is 0 Å². The zero-order chi connectivity index (χ0) is 7.94. The first-order valence-electron chi connectivity index (χ1n) is 3.88. The highest BCUT2D eigenvalue weighted by molar-refractivity contribution is 4.48. The molecule has 0 aromatic carbocycles. The molecule has 2 fully saturated rings. The molecular formula is C7H14O4. The molecule has 2 saturated heterocycles. The third kappa shape index (κ3) is 4.31. The lowest BCUT2D eigenvalue weighted by Crippen LogP contribution is -1.93. The normalized spacial score (nSPS) is 24.8. The van der Waals surface area contributed by atoms with Gasteiger partial charge in [0.25, 0.3) is 0 Å². The molecule has 2 aliphatic heterocycles. The van der Waals surface area contributed by atoms with Crippen LogP contribution < -0.4 is 0 Å². The summed E-state index contributed by atoms with van der Waals surface area (Å²) in [5.74, 6) is 0.602. The van der Waals surface area contributed by atoms with Crippen LogP contribution in [0.2, 0.25) is 0 Å². The summed E-state index contributed by atoms with van der Waals surface area (Å²) < 4.78 is 0. The van der Waals surface area contributed by atoms with Crippen LogP contribution in [0.5, 0.6) is 0 Å². The molecule has 2 heterocycles.